The predicted molar refractivity (Wildman–Crippen MR) is 107 cm³/mol. The molecular weight excluding hydrogens is 448 g/mol. The smallest absolute Gasteiger partial charge is 0.229 e. The first-order valence-electron chi connectivity index (χ1n) is 7.92. The monoisotopic (exact) mass is 464 g/mol. The molecule has 0 saturated heterocycles. The summed E-state index contributed by atoms with van der Waals surface area (Å²) in [4.78, 5) is 17.0. The number of anilines is 1. The van der Waals surface area contributed by atoms with Gasteiger partial charge in [0.05, 0.1) is 33.8 Å². The zero-order valence-corrected chi connectivity index (χ0v) is 17.3. The fraction of sp³-hybridized carbons (Fsp3) is 0.278. The van der Waals surface area contributed by atoms with Crippen molar-refractivity contribution in [2.45, 2.75) is 27.3 Å². The molecule has 0 radical (unpaired) electrons. The quantitative estimate of drug-likeness (QED) is 0.599. The van der Waals surface area contributed by atoms with E-state index >= 15 is 0 Å². The summed E-state index contributed by atoms with van der Waals surface area (Å²) in [5.41, 5.74) is 3.43. The Hall–Kier alpha value is -1.73. The number of nitrogens with zero attached hydrogens (tertiary/aromatic N) is 3. The lowest BCUT2D eigenvalue weighted by atomic mass is 10.1. The van der Waals surface area contributed by atoms with Gasteiger partial charge in [-0.05, 0) is 48.0 Å². The van der Waals surface area contributed by atoms with Gasteiger partial charge in [0.1, 0.15) is 0 Å². The second-order valence-electron chi connectivity index (χ2n) is 6.05. The van der Waals surface area contributed by atoms with Crippen LogP contribution in [-0.2, 0) is 11.3 Å². The summed E-state index contributed by atoms with van der Waals surface area (Å²) < 4.78 is 3.80. The van der Waals surface area contributed by atoms with E-state index in [1.165, 1.54) is 0 Å². The van der Waals surface area contributed by atoms with Gasteiger partial charge in [0.25, 0.3) is 0 Å². The van der Waals surface area contributed by atoms with E-state index in [9.17, 15) is 4.79 Å². The second kappa shape index (κ2) is 7.25. The molecule has 0 aliphatic rings. The van der Waals surface area contributed by atoms with Gasteiger partial charge >= 0.3 is 0 Å². The first-order valence-corrected chi connectivity index (χ1v) is 9.50. The van der Waals surface area contributed by atoms with Gasteiger partial charge in [0.2, 0.25) is 5.91 Å². The van der Waals surface area contributed by atoms with Crippen LogP contribution in [0.15, 0.2) is 39.4 Å². The molecule has 1 N–H and O–H groups in total. The van der Waals surface area contributed by atoms with E-state index in [-0.39, 0.29) is 11.8 Å². The third kappa shape index (κ3) is 3.62. The van der Waals surface area contributed by atoms with Crippen LogP contribution in [0.25, 0.3) is 10.9 Å². The molecule has 2 aromatic heterocycles. The third-order valence-corrected chi connectivity index (χ3v) is 6.00. The molecule has 0 aliphatic heterocycles. The molecule has 1 unspecified atom stereocenters. The van der Waals surface area contributed by atoms with Crippen LogP contribution in [0.5, 0.6) is 0 Å². The van der Waals surface area contributed by atoms with E-state index in [0.717, 1.165) is 31.2 Å². The topological polar surface area (TPSA) is 59.8 Å². The number of rotatable bonds is 4. The summed E-state index contributed by atoms with van der Waals surface area (Å²) in [6.07, 6.45) is 1.72. The number of aryl methyl sites for hydroxylation is 1. The minimum absolute atomic E-state index is 0.0575. The molecule has 0 saturated carbocycles. The summed E-state index contributed by atoms with van der Waals surface area (Å²) in [5, 5.41) is 8.44. The van der Waals surface area contributed by atoms with Crippen LogP contribution >= 0.6 is 31.9 Å². The minimum Gasteiger partial charge on any atom is -0.324 e. The Morgan fingerprint density at radius 3 is 2.72 bits per heavy atom. The maximum atomic E-state index is 12.6. The van der Waals surface area contributed by atoms with Crippen LogP contribution in [0.4, 0.5) is 5.69 Å². The number of amides is 1. The van der Waals surface area contributed by atoms with Gasteiger partial charge < -0.3 is 5.32 Å². The van der Waals surface area contributed by atoms with Gasteiger partial charge in [-0.3, -0.25) is 14.5 Å². The number of nitrogens with one attached hydrogen (secondary N) is 1. The van der Waals surface area contributed by atoms with Crippen molar-refractivity contribution in [1.82, 2.24) is 14.8 Å². The molecule has 7 heteroatoms. The fourth-order valence-corrected chi connectivity index (χ4v) is 3.43. The zero-order chi connectivity index (χ0) is 18.1. The summed E-state index contributed by atoms with van der Waals surface area (Å²) in [6.45, 7) is 6.35. The van der Waals surface area contributed by atoms with E-state index in [1.54, 1.807) is 6.20 Å². The highest BCUT2D eigenvalue weighted by Gasteiger charge is 2.18. The lowest BCUT2D eigenvalue weighted by Gasteiger charge is -2.15. The molecule has 2 heterocycles. The number of aromatic nitrogens is 3. The molecule has 3 rings (SSSR count). The van der Waals surface area contributed by atoms with Crippen LogP contribution in [0.1, 0.15) is 18.3 Å². The largest absolute Gasteiger partial charge is 0.324 e. The Morgan fingerprint density at radius 1 is 1.28 bits per heavy atom. The van der Waals surface area contributed by atoms with E-state index < -0.39 is 0 Å². The Morgan fingerprint density at radius 2 is 2.04 bits per heavy atom. The van der Waals surface area contributed by atoms with E-state index in [4.69, 9.17) is 0 Å². The van der Waals surface area contributed by atoms with Gasteiger partial charge in [-0.15, -0.1) is 0 Å². The second-order valence-corrected chi connectivity index (χ2v) is 7.70. The SMILES string of the molecule is Cc1nn(CC(C)C(=O)Nc2ccc(Br)c3cccnc23)c(C)c1Br. The Kier molecular flexibility index (Phi) is 5.24. The van der Waals surface area contributed by atoms with Crippen LogP contribution in [-0.4, -0.2) is 20.7 Å². The molecule has 0 aliphatic carbocycles. The van der Waals surface area contributed by atoms with Crippen molar-refractivity contribution in [2.75, 3.05) is 5.32 Å². The Balaban J connectivity index is 1.80. The van der Waals surface area contributed by atoms with Gasteiger partial charge in [-0.2, -0.15) is 5.10 Å². The van der Waals surface area contributed by atoms with Gasteiger partial charge in [-0.25, -0.2) is 0 Å². The van der Waals surface area contributed by atoms with E-state index in [0.29, 0.717) is 12.2 Å². The highest BCUT2D eigenvalue weighted by molar-refractivity contribution is 9.11. The molecule has 130 valence electrons. The van der Waals surface area contributed by atoms with Crippen LogP contribution in [0.3, 0.4) is 0 Å². The van der Waals surface area contributed by atoms with E-state index in [1.807, 2.05) is 49.7 Å². The highest BCUT2D eigenvalue weighted by Crippen LogP contribution is 2.28. The molecule has 1 aromatic carbocycles. The van der Waals surface area contributed by atoms with Crippen molar-refractivity contribution < 1.29 is 4.79 Å². The first-order chi connectivity index (χ1) is 11.9. The average molecular weight is 466 g/mol. The molecular formula is C18H18Br2N4O. The Labute approximate surface area is 163 Å². The summed E-state index contributed by atoms with van der Waals surface area (Å²) in [6, 6.07) is 7.63. The van der Waals surface area contributed by atoms with Crippen molar-refractivity contribution in [3.8, 4) is 0 Å². The number of hydrogen-bond acceptors (Lipinski definition) is 3. The number of hydrogen-bond donors (Lipinski definition) is 1. The van der Waals surface area contributed by atoms with Gasteiger partial charge in [-0.1, -0.05) is 28.9 Å². The molecule has 3 aromatic rings. The molecule has 25 heavy (non-hydrogen) atoms. The predicted octanol–water partition coefficient (Wildman–Crippen LogP) is 4.85. The van der Waals surface area contributed by atoms with Crippen molar-refractivity contribution in [2.24, 2.45) is 5.92 Å². The normalized spacial score (nSPS) is 12.4. The van der Waals surface area contributed by atoms with Crippen molar-refractivity contribution in [1.29, 1.82) is 0 Å². The first kappa shape index (κ1) is 18.1. The number of benzene rings is 1. The standard InChI is InChI=1S/C18H18Br2N4O/c1-10(9-24-12(3)16(20)11(2)23-24)18(25)22-15-7-6-14(19)13-5-4-8-21-17(13)15/h4-8,10H,9H2,1-3H3,(H,22,25). The van der Waals surface area contributed by atoms with Gasteiger partial charge in [0.15, 0.2) is 0 Å². The third-order valence-electron chi connectivity index (χ3n) is 4.16. The van der Waals surface area contributed by atoms with Crippen molar-refractivity contribution in [3.63, 3.8) is 0 Å². The molecule has 0 bridgehead atoms. The number of fused-ring (bicyclic) bond motifs is 1. The van der Waals surface area contributed by atoms with Crippen LogP contribution in [0.2, 0.25) is 0 Å². The number of pyridine rings is 1. The fourth-order valence-electron chi connectivity index (χ4n) is 2.69. The molecule has 0 spiro atoms. The van der Waals surface area contributed by atoms with Crippen molar-refractivity contribution in [3.05, 3.63) is 50.8 Å². The zero-order valence-electron chi connectivity index (χ0n) is 14.2. The molecule has 1 amide bonds. The summed E-state index contributed by atoms with van der Waals surface area (Å²) in [7, 11) is 0. The maximum Gasteiger partial charge on any atom is 0.229 e. The maximum absolute atomic E-state index is 12.6. The molecule has 1 atom stereocenters. The average Bonchev–Trinajstić information content (AvgIpc) is 2.84. The van der Waals surface area contributed by atoms with E-state index in [2.05, 4.69) is 47.3 Å². The number of halogens is 2. The summed E-state index contributed by atoms with van der Waals surface area (Å²) >= 11 is 7.04. The van der Waals surface area contributed by atoms with Crippen LogP contribution < -0.4 is 5.32 Å². The summed E-state index contributed by atoms with van der Waals surface area (Å²) in [5.74, 6) is -0.287. The van der Waals surface area contributed by atoms with Crippen LogP contribution in [0, 0.1) is 19.8 Å². The number of carbonyl (C=O) groups is 1. The molecule has 5 nitrogen and oxygen atoms in total. The Bertz CT molecular complexity index is 952. The molecule has 0 fully saturated rings. The lowest BCUT2D eigenvalue weighted by Crippen LogP contribution is -2.25. The lowest BCUT2D eigenvalue weighted by molar-refractivity contribution is -0.119. The minimum atomic E-state index is -0.229. The van der Waals surface area contributed by atoms with Gasteiger partial charge in [0, 0.05) is 21.7 Å². The van der Waals surface area contributed by atoms with Crippen molar-refractivity contribution >= 4 is 54.4 Å². The number of carbonyl (C=O) groups excluding carboxylic acids is 1. The highest BCUT2D eigenvalue weighted by atomic mass is 79.9.